The Morgan fingerprint density at radius 1 is 0.556 bits per heavy atom. The Hall–Kier alpha value is -3.65. The summed E-state index contributed by atoms with van der Waals surface area (Å²) in [6.45, 7) is 0. The van der Waals surface area contributed by atoms with E-state index in [1.165, 1.54) is 21.9 Å². The molecule has 2 heteroatoms. The van der Waals surface area contributed by atoms with Crippen molar-refractivity contribution in [2.24, 2.45) is 0 Å². The predicted octanol–water partition coefficient (Wildman–Crippen LogP) is 5.78. The van der Waals surface area contributed by atoms with Gasteiger partial charge < -0.3 is 0 Å². The van der Waals surface area contributed by atoms with Crippen LogP contribution < -0.4 is 4.57 Å². The third-order valence-electron chi connectivity index (χ3n) is 4.92. The van der Waals surface area contributed by atoms with Crippen molar-refractivity contribution in [3.63, 3.8) is 0 Å². The number of rotatable bonds is 3. The highest BCUT2D eigenvalue weighted by Crippen LogP contribution is 2.25. The number of aromatic nitrogens is 2. The highest BCUT2D eigenvalue weighted by molar-refractivity contribution is 5.86. The van der Waals surface area contributed by atoms with Gasteiger partial charge in [0, 0.05) is 5.56 Å². The van der Waals surface area contributed by atoms with Crippen molar-refractivity contribution < 1.29 is 4.57 Å². The van der Waals surface area contributed by atoms with Gasteiger partial charge >= 0.3 is 0 Å². The third kappa shape index (κ3) is 2.81. The molecule has 0 atom stereocenters. The van der Waals surface area contributed by atoms with Crippen LogP contribution in [0, 0.1) is 0 Å². The number of hydrogen-bond acceptors (Lipinski definition) is 0. The largest absolute Gasteiger partial charge is 0.292 e. The van der Waals surface area contributed by atoms with Crippen LogP contribution in [-0.2, 0) is 0 Å². The molecule has 0 aliphatic rings. The lowest BCUT2D eigenvalue weighted by molar-refractivity contribution is -0.570. The van der Waals surface area contributed by atoms with Gasteiger partial charge in [-0.1, -0.05) is 78.9 Å². The van der Waals surface area contributed by atoms with Gasteiger partial charge in [0.15, 0.2) is 5.69 Å². The molecule has 0 aliphatic carbocycles. The molecule has 1 N–H and O–H groups in total. The van der Waals surface area contributed by atoms with Crippen molar-refractivity contribution in [2.75, 3.05) is 0 Å². The monoisotopic (exact) mass is 347 g/mol. The lowest BCUT2D eigenvalue weighted by Gasteiger charge is -2.06. The fraction of sp³-hybridized carbons (Fsp3) is 0. The lowest BCUT2D eigenvalue weighted by atomic mass is 10.1. The van der Waals surface area contributed by atoms with E-state index in [1.54, 1.807) is 0 Å². The zero-order chi connectivity index (χ0) is 18.1. The van der Waals surface area contributed by atoms with Crippen molar-refractivity contribution in [1.82, 2.24) is 4.98 Å². The van der Waals surface area contributed by atoms with Crippen LogP contribution in [0.3, 0.4) is 0 Å². The average Bonchev–Trinajstić information content (AvgIpc) is 3.20. The van der Waals surface area contributed by atoms with Crippen LogP contribution in [0.25, 0.3) is 39.1 Å². The van der Waals surface area contributed by atoms with E-state index < -0.39 is 0 Å². The van der Waals surface area contributed by atoms with E-state index in [1.807, 2.05) is 6.07 Å². The molecule has 0 amide bonds. The van der Waals surface area contributed by atoms with Crippen LogP contribution in [0.15, 0.2) is 109 Å². The molecule has 1 aromatic heterocycles. The SMILES string of the molecule is c1ccc(-c2c[nH]c(-c3ccc4ccccc4c3)[n+]2-c2ccccc2)cc1. The van der Waals surface area contributed by atoms with Gasteiger partial charge in [0.1, 0.15) is 11.9 Å². The molecule has 27 heavy (non-hydrogen) atoms. The van der Waals surface area contributed by atoms with Crippen LogP contribution in [0.5, 0.6) is 0 Å². The topological polar surface area (TPSA) is 19.7 Å². The minimum atomic E-state index is 1.07. The van der Waals surface area contributed by atoms with Gasteiger partial charge in [0.05, 0.1) is 5.56 Å². The molecule has 0 fully saturated rings. The Labute approximate surface area is 158 Å². The maximum absolute atomic E-state index is 3.52. The molecule has 0 bridgehead atoms. The zero-order valence-electron chi connectivity index (χ0n) is 14.8. The van der Waals surface area contributed by atoms with Crippen LogP contribution >= 0.6 is 0 Å². The molecule has 0 unspecified atom stereocenters. The Balaban J connectivity index is 1.76. The Kier molecular flexibility index (Phi) is 3.80. The van der Waals surface area contributed by atoms with Crippen molar-refractivity contribution in [2.45, 2.75) is 0 Å². The number of nitrogens with one attached hydrogen (secondary N) is 1. The van der Waals surface area contributed by atoms with Gasteiger partial charge in [-0.25, -0.2) is 4.98 Å². The first-order chi connectivity index (χ1) is 13.4. The Bertz CT molecular complexity index is 1210. The van der Waals surface area contributed by atoms with E-state index in [4.69, 9.17) is 0 Å². The molecular formula is C25H19N2+. The fourth-order valence-corrected chi connectivity index (χ4v) is 3.60. The first-order valence-electron chi connectivity index (χ1n) is 9.13. The van der Waals surface area contributed by atoms with Crippen molar-refractivity contribution >= 4 is 10.8 Å². The summed E-state index contributed by atoms with van der Waals surface area (Å²) in [5.74, 6) is 1.07. The molecule has 2 nitrogen and oxygen atoms in total. The number of nitrogens with zero attached hydrogens (tertiary/aromatic N) is 1. The molecule has 5 aromatic rings. The summed E-state index contributed by atoms with van der Waals surface area (Å²) in [5.41, 5.74) is 4.63. The molecule has 0 aliphatic heterocycles. The minimum absolute atomic E-state index is 1.07. The van der Waals surface area contributed by atoms with Gasteiger partial charge in [0.25, 0.3) is 5.82 Å². The molecule has 0 saturated heterocycles. The number of hydrogen-bond donors (Lipinski definition) is 1. The smallest absolute Gasteiger partial charge is 0.242 e. The molecule has 0 spiro atoms. The highest BCUT2D eigenvalue weighted by Gasteiger charge is 2.22. The molecule has 128 valence electrons. The first-order valence-corrected chi connectivity index (χ1v) is 9.13. The summed E-state index contributed by atoms with van der Waals surface area (Å²) in [6.07, 6.45) is 2.09. The highest BCUT2D eigenvalue weighted by atomic mass is 15.1. The molecule has 0 radical (unpaired) electrons. The summed E-state index contributed by atoms with van der Waals surface area (Å²) in [6, 6.07) is 36.1. The second-order valence-electron chi connectivity index (χ2n) is 6.62. The van der Waals surface area contributed by atoms with E-state index in [2.05, 4.69) is 113 Å². The lowest BCUT2D eigenvalue weighted by Crippen LogP contribution is -2.33. The first kappa shape index (κ1) is 15.6. The van der Waals surface area contributed by atoms with Crippen molar-refractivity contribution in [1.29, 1.82) is 0 Å². The van der Waals surface area contributed by atoms with Crippen LogP contribution in [0.1, 0.15) is 0 Å². The van der Waals surface area contributed by atoms with Crippen LogP contribution in [0.2, 0.25) is 0 Å². The Morgan fingerprint density at radius 3 is 2.00 bits per heavy atom. The Morgan fingerprint density at radius 2 is 1.22 bits per heavy atom. The molecule has 4 aromatic carbocycles. The molecule has 0 saturated carbocycles. The summed E-state index contributed by atoms with van der Waals surface area (Å²) < 4.78 is 2.29. The number of fused-ring (bicyclic) bond motifs is 1. The predicted molar refractivity (Wildman–Crippen MR) is 111 cm³/mol. The summed E-state index contributed by atoms with van der Waals surface area (Å²) in [5, 5.41) is 2.49. The van der Waals surface area contributed by atoms with Gasteiger partial charge in [-0.05, 0) is 35.0 Å². The number of aromatic amines is 1. The summed E-state index contributed by atoms with van der Waals surface area (Å²) in [4.78, 5) is 3.52. The van der Waals surface area contributed by atoms with E-state index in [9.17, 15) is 0 Å². The van der Waals surface area contributed by atoms with E-state index >= 15 is 0 Å². The van der Waals surface area contributed by atoms with Crippen LogP contribution in [-0.4, -0.2) is 4.98 Å². The summed E-state index contributed by atoms with van der Waals surface area (Å²) in [7, 11) is 0. The van der Waals surface area contributed by atoms with E-state index in [0.29, 0.717) is 0 Å². The molecule has 5 rings (SSSR count). The maximum Gasteiger partial charge on any atom is 0.292 e. The van der Waals surface area contributed by atoms with Gasteiger partial charge in [-0.15, -0.1) is 0 Å². The molecular weight excluding hydrogens is 328 g/mol. The van der Waals surface area contributed by atoms with Crippen LogP contribution in [0.4, 0.5) is 0 Å². The minimum Gasteiger partial charge on any atom is -0.242 e. The molecule has 1 heterocycles. The third-order valence-corrected chi connectivity index (χ3v) is 4.92. The standard InChI is InChI=1S/C25H18N2/c1-3-10-20(11-4-1)24-18-26-25(27(24)23-13-5-2-6-14-23)22-16-15-19-9-7-8-12-21(19)17-22/h1-18H/p+1. The maximum atomic E-state index is 3.52. The van der Waals surface area contributed by atoms with Gasteiger partial charge in [-0.3, -0.25) is 0 Å². The second-order valence-corrected chi connectivity index (χ2v) is 6.62. The van der Waals surface area contributed by atoms with E-state index in [-0.39, 0.29) is 0 Å². The second kappa shape index (κ2) is 6.58. The quantitative estimate of drug-likeness (QED) is 0.399. The van der Waals surface area contributed by atoms with Gasteiger partial charge in [-0.2, -0.15) is 4.57 Å². The number of para-hydroxylation sites is 1. The van der Waals surface area contributed by atoms with Gasteiger partial charge in [0.2, 0.25) is 0 Å². The number of H-pyrrole nitrogens is 1. The van der Waals surface area contributed by atoms with Crippen molar-refractivity contribution in [3.05, 3.63) is 109 Å². The normalized spacial score (nSPS) is 11.0. The number of benzene rings is 4. The zero-order valence-corrected chi connectivity index (χ0v) is 14.8. The number of imidazole rings is 1. The van der Waals surface area contributed by atoms with Crippen molar-refractivity contribution in [3.8, 4) is 28.3 Å². The summed E-state index contributed by atoms with van der Waals surface area (Å²) >= 11 is 0. The van der Waals surface area contributed by atoms with E-state index in [0.717, 1.165) is 17.2 Å². The fourth-order valence-electron chi connectivity index (χ4n) is 3.60. The average molecular weight is 347 g/mol.